The maximum Gasteiger partial charge on any atom is 0.262 e. The quantitative estimate of drug-likeness (QED) is 0.692. The lowest BCUT2D eigenvalue weighted by Gasteiger charge is -2.10. The van der Waals surface area contributed by atoms with Crippen LogP contribution >= 0.6 is 22.9 Å². The largest absolute Gasteiger partial charge is 0.482 e. The van der Waals surface area contributed by atoms with Crippen LogP contribution in [-0.4, -0.2) is 12.5 Å². The van der Waals surface area contributed by atoms with E-state index in [1.807, 2.05) is 42.5 Å². The lowest BCUT2D eigenvalue weighted by molar-refractivity contribution is -0.118. The highest BCUT2D eigenvalue weighted by atomic mass is 35.5. The molecule has 0 saturated carbocycles. The zero-order valence-corrected chi connectivity index (χ0v) is 14.6. The minimum atomic E-state index is -0.345. The van der Waals surface area contributed by atoms with Crippen LogP contribution in [0.15, 0.2) is 60.0 Å². The van der Waals surface area contributed by atoms with Gasteiger partial charge in [0.15, 0.2) is 6.61 Å². The summed E-state index contributed by atoms with van der Waals surface area (Å²) in [6, 6.07) is 19.0. The molecule has 0 unspecified atom stereocenters. The number of carbonyl (C=O) groups excluding carboxylic acids is 1. The number of halogens is 1. The predicted octanol–water partition coefficient (Wildman–Crippen LogP) is 4.96. The first-order chi connectivity index (χ1) is 12.2. The number of benzene rings is 2. The molecule has 0 aliphatic rings. The van der Waals surface area contributed by atoms with E-state index in [0.29, 0.717) is 21.3 Å². The van der Waals surface area contributed by atoms with Crippen LogP contribution in [0.25, 0.3) is 11.1 Å². The third-order valence-corrected chi connectivity index (χ3v) is 4.56. The molecule has 1 heterocycles. The van der Waals surface area contributed by atoms with Gasteiger partial charge in [0, 0.05) is 0 Å². The molecule has 3 rings (SSSR count). The number of anilines is 1. The average Bonchev–Trinajstić information content (AvgIpc) is 3.08. The number of nitrogens with zero attached hydrogens (tertiary/aromatic N) is 1. The molecular weight excluding hydrogens is 356 g/mol. The Kier molecular flexibility index (Phi) is 5.34. The van der Waals surface area contributed by atoms with Gasteiger partial charge in [0.25, 0.3) is 5.91 Å². The first-order valence-electron chi connectivity index (χ1n) is 7.42. The molecule has 25 heavy (non-hydrogen) atoms. The fraction of sp³-hybridized carbons (Fsp3) is 0.0526. The van der Waals surface area contributed by atoms with Crippen molar-refractivity contribution in [3.05, 3.63) is 70.6 Å². The first-order valence-corrected chi connectivity index (χ1v) is 8.68. The van der Waals surface area contributed by atoms with Crippen molar-refractivity contribution in [1.29, 1.82) is 5.26 Å². The zero-order valence-electron chi connectivity index (χ0n) is 13.0. The number of amides is 1. The Bertz CT molecular complexity index is 932. The van der Waals surface area contributed by atoms with E-state index < -0.39 is 0 Å². The maximum atomic E-state index is 12.0. The highest BCUT2D eigenvalue weighted by Crippen LogP contribution is 2.30. The lowest BCUT2D eigenvalue weighted by atomic mass is 10.1. The summed E-state index contributed by atoms with van der Waals surface area (Å²) in [4.78, 5) is 12.0. The van der Waals surface area contributed by atoms with E-state index in [4.69, 9.17) is 21.6 Å². The lowest BCUT2D eigenvalue weighted by Crippen LogP contribution is -2.20. The molecule has 0 saturated heterocycles. The molecule has 1 N–H and O–H groups in total. The Morgan fingerprint density at radius 2 is 1.96 bits per heavy atom. The number of nitrogens with one attached hydrogen (secondary N) is 1. The number of rotatable bonds is 5. The minimum absolute atomic E-state index is 0.187. The van der Waals surface area contributed by atoms with E-state index >= 15 is 0 Å². The van der Waals surface area contributed by atoms with E-state index in [2.05, 4.69) is 5.32 Å². The summed E-state index contributed by atoms with van der Waals surface area (Å²) in [7, 11) is 0. The standard InChI is InChI=1S/C19H13ClN2O2S/c20-16-10-14(13-4-2-1-3-5-13)6-7-17(16)24-12-18(23)22-19-15(11-21)8-9-25-19/h1-10H,12H2,(H,22,23). The summed E-state index contributed by atoms with van der Waals surface area (Å²) in [6.45, 7) is -0.187. The molecule has 0 spiro atoms. The van der Waals surface area contributed by atoms with Crippen LogP contribution in [0.2, 0.25) is 5.02 Å². The normalized spacial score (nSPS) is 10.1. The van der Waals surface area contributed by atoms with Crippen molar-refractivity contribution >= 4 is 33.8 Å². The fourth-order valence-corrected chi connectivity index (χ4v) is 3.22. The second-order valence-electron chi connectivity index (χ2n) is 5.12. The van der Waals surface area contributed by atoms with Crippen molar-refractivity contribution in [3.8, 4) is 22.9 Å². The van der Waals surface area contributed by atoms with E-state index in [-0.39, 0.29) is 12.5 Å². The summed E-state index contributed by atoms with van der Waals surface area (Å²) in [5.74, 6) is 0.0883. The van der Waals surface area contributed by atoms with Gasteiger partial charge in [-0.3, -0.25) is 4.79 Å². The third-order valence-electron chi connectivity index (χ3n) is 3.44. The van der Waals surface area contributed by atoms with E-state index in [1.165, 1.54) is 11.3 Å². The Morgan fingerprint density at radius 3 is 2.68 bits per heavy atom. The van der Waals surface area contributed by atoms with Crippen molar-refractivity contribution < 1.29 is 9.53 Å². The molecule has 0 aliphatic carbocycles. The number of hydrogen-bond acceptors (Lipinski definition) is 4. The molecule has 1 aromatic heterocycles. The van der Waals surface area contributed by atoms with Crippen molar-refractivity contribution in [2.75, 3.05) is 11.9 Å². The van der Waals surface area contributed by atoms with Gasteiger partial charge >= 0.3 is 0 Å². The average molecular weight is 369 g/mol. The Balaban J connectivity index is 1.64. The molecule has 124 valence electrons. The van der Waals surface area contributed by atoms with E-state index in [1.54, 1.807) is 23.6 Å². The first kappa shape index (κ1) is 17.0. The van der Waals surface area contributed by atoms with Gasteiger partial charge in [-0.15, -0.1) is 11.3 Å². The van der Waals surface area contributed by atoms with Gasteiger partial charge in [0.1, 0.15) is 16.8 Å². The molecule has 0 atom stereocenters. The summed E-state index contributed by atoms with van der Waals surface area (Å²) in [5.41, 5.74) is 2.46. The van der Waals surface area contributed by atoms with E-state index in [9.17, 15) is 4.79 Å². The zero-order chi connectivity index (χ0) is 17.6. The monoisotopic (exact) mass is 368 g/mol. The third kappa shape index (κ3) is 4.18. The van der Waals surface area contributed by atoms with Crippen molar-refractivity contribution in [3.63, 3.8) is 0 Å². The maximum absolute atomic E-state index is 12.0. The molecule has 0 fully saturated rings. The highest BCUT2D eigenvalue weighted by molar-refractivity contribution is 7.14. The van der Waals surface area contributed by atoms with Crippen LogP contribution in [0.5, 0.6) is 5.75 Å². The van der Waals surface area contributed by atoms with Crippen LogP contribution in [0.4, 0.5) is 5.00 Å². The SMILES string of the molecule is N#Cc1ccsc1NC(=O)COc1ccc(-c2ccccc2)cc1Cl. The van der Waals surface area contributed by atoms with Crippen LogP contribution in [-0.2, 0) is 4.79 Å². The second kappa shape index (κ2) is 7.84. The molecule has 3 aromatic rings. The molecule has 0 bridgehead atoms. The Hall–Kier alpha value is -2.81. The Labute approximate surface area is 154 Å². The van der Waals surface area contributed by atoms with Crippen molar-refractivity contribution in [2.45, 2.75) is 0 Å². The van der Waals surface area contributed by atoms with Crippen LogP contribution < -0.4 is 10.1 Å². The molecule has 0 radical (unpaired) electrons. The molecule has 2 aromatic carbocycles. The van der Waals surface area contributed by atoms with Crippen LogP contribution in [0.1, 0.15) is 5.56 Å². The Morgan fingerprint density at radius 1 is 1.16 bits per heavy atom. The van der Waals surface area contributed by atoms with Crippen molar-refractivity contribution in [2.24, 2.45) is 0 Å². The highest BCUT2D eigenvalue weighted by Gasteiger charge is 2.10. The van der Waals surface area contributed by atoms with Crippen LogP contribution in [0, 0.1) is 11.3 Å². The molecular formula is C19H13ClN2O2S. The smallest absolute Gasteiger partial charge is 0.262 e. The second-order valence-corrected chi connectivity index (χ2v) is 6.45. The van der Waals surface area contributed by atoms with Gasteiger partial charge in [0.2, 0.25) is 0 Å². The minimum Gasteiger partial charge on any atom is -0.482 e. The van der Waals surface area contributed by atoms with E-state index in [0.717, 1.165) is 11.1 Å². The number of hydrogen-bond donors (Lipinski definition) is 1. The summed E-state index contributed by atoms with van der Waals surface area (Å²) in [5, 5.41) is 14.3. The molecule has 6 heteroatoms. The summed E-state index contributed by atoms with van der Waals surface area (Å²) in [6.07, 6.45) is 0. The van der Waals surface area contributed by atoms with Gasteiger partial charge in [-0.1, -0.05) is 48.0 Å². The summed E-state index contributed by atoms with van der Waals surface area (Å²) >= 11 is 7.55. The number of ether oxygens (including phenoxy) is 1. The predicted molar refractivity (Wildman–Crippen MR) is 100 cm³/mol. The number of nitriles is 1. The van der Waals surface area contributed by atoms with Crippen LogP contribution in [0.3, 0.4) is 0 Å². The van der Waals surface area contributed by atoms with Gasteiger partial charge in [-0.2, -0.15) is 5.26 Å². The van der Waals surface area contributed by atoms with Gasteiger partial charge in [-0.25, -0.2) is 0 Å². The molecule has 0 aliphatic heterocycles. The summed E-state index contributed by atoms with van der Waals surface area (Å²) < 4.78 is 5.49. The van der Waals surface area contributed by atoms with Gasteiger partial charge in [-0.05, 0) is 34.7 Å². The molecule has 1 amide bonds. The van der Waals surface area contributed by atoms with Crippen molar-refractivity contribution in [1.82, 2.24) is 0 Å². The number of thiophene rings is 1. The fourth-order valence-electron chi connectivity index (χ4n) is 2.23. The van der Waals surface area contributed by atoms with Gasteiger partial charge < -0.3 is 10.1 Å². The molecule has 4 nitrogen and oxygen atoms in total. The topological polar surface area (TPSA) is 62.1 Å². The number of carbonyl (C=O) groups is 1. The van der Waals surface area contributed by atoms with Gasteiger partial charge in [0.05, 0.1) is 10.6 Å².